The molecule has 0 radical (unpaired) electrons. The first-order valence-corrected chi connectivity index (χ1v) is 7.10. The number of likely N-dealkylation sites (tertiary alicyclic amines) is 1. The summed E-state index contributed by atoms with van der Waals surface area (Å²) >= 11 is 3.48. The van der Waals surface area contributed by atoms with Crippen LogP contribution in [0.1, 0.15) is 37.8 Å². The number of hydrogen-bond acceptors (Lipinski definition) is 2. The van der Waals surface area contributed by atoms with Crippen molar-refractivity contribution in [2.45, 2.75) is 38.3 Å². The number of benzene rings is 1. The Morgan fingerprint density at radius 1 is 1.61 bits per heavy atom. The quantitative estimate of drug-likeness (QED) is 0.926. The zero-order chi connectivity index (χ0) is 13.1. The molecule has 1 aromatic rings. The summed E-state index contributed by atoms with van der Waals surface area (Å²) < 4.78 is 1.07. The number of hydrogen-bond donors (Lipinski definition) is 1. The Hall–Kier alpha value is -0.870. The molecule has 3 nitrogen and oxygen atoms in total. The van der Waals surface area contributed by atoms with Gasteiger partial charge in [0.25, 0.3) is 0 Å². The molecular weight excluding hydrogens is 294 g/mol. The molecule has 2 atom stereocenters. The molecule has 0 saturated carbocycles. The first kappa shape index (κ1) is 13.6. The molecule has 0 bridgehead atoms. The molecule has 98 valence electrons. The van der Waals surface area contributed by atoms with Crippen molar-refractivity contribution in [3.8, 4) is 0 Å². The average molecular weight is 312 g/mol. The van der Waals surface area contributed by atoms with E-state index in [9.17, 15) is 4.79 Å². The zero-order valence-corrected chi connectivity index (χ0v) is 12.1. The lowest BCUT2D eigenvalue weighted by Gasteiger charge is -2.30. The Morgan fingerprint density at radius 2 is 2.39 bits per heavy atom. The van der Waals surface area contributed by atoms with Gasteiger partial charge in [0.15, 0.2) is 0 Å². The van der Waals surface area contributed by atoms with Crippen LogP contribution in [-0.2, 0) is 4.79 Å². The third-order valence-electron chi connectivity index (χ3n) is 3.66. The van der Waals surface area contributed by atoms with Gasteiger partial charge in [-0.2, -0.15) is 0 Å². The zero-order valence-electron chi connectivity index (χ0n) is 10.5. The Kier molecular flexibility index (Phi) is 4.40. The summed E-state index contributed by atoms with van der Waals surface area (Å²) in [6, 6.07) is 8.70. The summed E-state index contributed by atoms with van der Waals surface area (Å²) in [7, 11) is 0. The van der Waals surface area contributed by atoms with Gasteiger partial charge in [-0.3, -0.25) is 9.69 Å². The van der Waals surface area contributed by atoms with Crippen molar-refractivity contribution >= 4 is 21.9 Å². The molecule has 2 rings (SSSR count). The van der Waals surface area contributed by atoms with Crippen LogP contribution in [0.25, 0.3) is 0 Å². The molecule has 18 heavy (non-hydrogen) atoms. The second-order valence-corrected chi connectivity index (χ2v) is 5.78. The molecule has 1 heterocycles. The van der Waals surface area contributed by atoms with Gasteiger partial charge in [0.1, 0.15) is 0 Å². The second kappa shape index (κ2) is 5.85. The van der Waals surface area contributed by atoms with Crippen LogP contribution in [0.2, 0.25) is 0 Å². The van der Waals surface area contributed by atoms with E-state index in [-0.39, 0.29) is 18.5 Å². The van der Waals surface area contributed by atoms with E-state index in [0.29, 0.717) is 0 Å². The lowest BCUT2D eigenvalue weighted by Crippen LogP contribution is -2.33. The summed E-state index contributed by atoms with van der Waals surface area (Å²) in [6.07, 6.45) is 2.33. The van der Waals surface area contributed by atoms with Crippen molar-refractivity contribution in [3.63, 3.8) is 0 Å². The van der Waals surface area contributed by atoms with Gasteiger partial charge < -0.3 is 5.11 Å². The van der Waals surface area contributed by atoms with Crippen LogP contribution in [0.15, 0.2) is 28.7 Å². The Bertz CT molecular complexity index is 436. The molecule has 0 amide bonds. The smallest absolute Gasteiger partial charge is 0.304 e. The van der Waals surface area contributed by atoms with Crippen molar-refractivity contribution in [1.82, 2.24) is 4.90 Å². The van der Waals surface area contributed by atoms with E-state index in [1.165, 1.54) is 5.56 Å². The first-order valence-electron chi connectivity index (χ1n) is 6.31. The van der Waals surface area contributed by atoms with E-state index < -0.39 is 5.97 Å². The predicted octanol–water partition coefficient (Wildman–Crippen LogP) is 3.45. The van der Waals surface area contributed by atoms with E-state index in [0.717, 1.165) is 23.9 Å². The summed E-state index contributed by atoms with van der Waals surface area (Å²) in [4.78, 5) is 13.2. The number of rotatable bonds is 4. The molecule has 1 aliphatic heterocycles. The van der Waals surface area contributed by atoms with Crippen LogP contribution in [0.5, 0.6) is 0 Å². The van der Waals surface area contributed by atoms with Gasteiger partial charge in [0, 0.05) is 16.6 Å². The van der Waals surface area contributed by atoms with Gasteiger partial charge in [-0.1, -0.05) is 28.1 Å². The maximum atomic E-state index is 10.9. The number of aliphatic carboxylic acids is 1. The Balaban J connectivity index is 2.12. The number of carboxylic acids is 1. The van der Waals surface area contributed by atoms with Crippen molar-refractivity contribution < 1.29 is 9.90 Å². The van der Waals surface area contributed by atoms with Gasteiger partial charge in [-0.15, -0.1) is 0 Å². The lowest BCUT2D eigenvalue weighted by atomic mass is 10.0. The van der Waals surface area contributed by atoms with Gasteiger partial charge in [-0.25, -0.2) is 0 Å². The van der Waals surface area contributed by atoms with Crippen molar-refractivity contribution in [2.75, 3.05) is 6.54 Å². The van der Waals surface area contributed by atoms with E-state index in [2.05, 4.69) is 39.9 Å². The van der Waals surface area contributed by atoms with Gasteiger partial charge in [0.05, 0.1) is 6.42 Å². The van der Waals surface area contributed by atoms with Crippen LogP contribution < -0.4 is 0 Å². The molecule has 0 aliphatic carbocycles. The molecule has 2 unspecified atom stereocenters. The van der Waals surface area contributed by atoms with Crippen LogP contribution in [0.4, 0.5) is 0 Å². The van der Waals surface area contributed by atoms with Crippen molar-refractivity contribution in [3.05, 3.63) is 34.3 Å². The SMILES string of the molecule is CC(c1cccc(Br)c1)N1CCCC1CC(=O)O. The highest BCUT2D eigenvalue weighted by Gasteiger charge is 2.30. The molecule has 1 saturated heterocycles. The number of nitrogens with zero attached hydrogens (tertiary/aromatic N) is 1. The molecule has 0 aromatic heterocycles. The predicted molar refractivity (Wildman–Crippen MR) is 74.5 cm³/mol. The van der Waals surface area contributed by atoms with Gasteiger partial charge in [-0.05, 0) is 44.0 Å². The second-order valence-electron chi connectivity index (χ2n) is 4.86. The fourth-order valence-corrected chi connectivity index (χ4v) is 3.16. The first-order chi connectivity index (χ1) is 8.58. The Morgan fingerprint density at radius 3 is 3.06 bits per heavy atom. The van der Waals surface area contributed by atoms with E-state index in [4.69, 9.17) is 5.11 Å². The van der Waals surface area contributed by atoms with Crippen molar-refractivity contribution in [1.29, 1.82) is 0 Å². The largest absolute Gasteiger partial charge is 0.481 e. The molecule has 1 aliphatic rings. The molecule has 1 fully saturated rings. The van der Waals surface area contributed by atoms with Gasteiger partial charge >= 0.3 is 5.97 Å². The third kappa shape index (κ3) is 3.12. The number of carbonyl (C=O) groups is 1. The molecule has 1 aromatic carbocycles. The minimum Gasteiger partial charge on any atom is -0.481 e. The lowest BCUT2D eigenvalue weighted by molar-refractivity contribution is -0.138. The van der Waals surface area contributed by atoms with Gasteiger partial charge in [0.2, 0.25) is 0 Å². The fraction of sp³-hybridized carbons (Fsp3) is 0.500. The highest BCUT2D eigenvalue weighted by Crippen LogP contribution is 2.31. The highest BCUT2D eigenvalue weighted by atomic mass is 79.9. The fourth-order valence-electron chi connectivity index (χ4n) is 2.75. The van der Waals surface area contributed by atoms with Crippen LogP contribution in [0.3, 0.4) is 0 Å². The Labute approximate surface area is 116 Å². The van der Waals surface area contributed by atoms with Crippen molar-refractivity contribution in [2.24, 2.45) is 0 Å². The molecular formula is C14H18BrNO2. The standard InChI is InChI=1S/C14H18BrNO2/c1-10(11-4-2-5-12(15)8-11)16-7-3-6-13(16)9-14(17)18/h2,4-5,8,10,13H,3,6-7,9H2,1H3,(H,17,18). The molecule has 4 heteroatoms. The summed E-state index contributed by atoms with van der Waals surface area (Å²) in [5.74, 6) is -0.701. The number of halogens is 1. The third-order valence-corrected chi connectivity index (χ3v) is 4.15. The summed E-state index contributed by atoms with van der Waals surface area (Å²) in [5, 5.41) is 8.95. The maximum Gasteiger partial charge on any atom is 0.304 e. The van der Waals surface area contributed by atoms with Crippen LogP contribution >= 0.6 is 15.9 Å². The van der Waals surface area contributed by atoms with Crippen LogP contribution in [0, 0.1) is 0 Å². The average Bonchev–Trinajstić information content (AvgIpc) is 2.75. The minimum atomic E-state index is -0.701. The van der Waals surface area contributed by atoms with E-state index in [1.807, 2.05) is 12.1 Å². The maximum absolute atomic E-state index is 10.9. The van der Waals surface area contributed by atoms with Crippen LogP contribution in [-0.4, -0.2) is 28.6 Å². The normalized spacial score (nSPS) is 22.0. The molecule has 0 spiro atoms. The molecule has 1 N–H and O–H groups in total. The highest BCUT2D eigenvalue weighted by molar-refractivity contribution is 9.10. The minimum absolute atomic E-state index is 0.177. The van der Waals surface area contributed by atoms with E-state index in [1.54, 1.807) is 0 Å². The summed E-state index contributed by atoms with van der Waals surface area (Å²) in [5.41, 5.74) is 1.24. The van der Waals surface area contributed by atoms with E-state index >= 15 is 0 Å². The topological polar surface area (TPSA) is 40.5 Å². The number of carboxylic acid groups (broad SMARTS) is 1. The summed E-state index contributed by atoms with van der Waals surface area (Å²) in [6.45, 7) is 3.15. The monoisotopic (exact) mass is 311 g/mol.